The highest BCUT2D eigenvalue weighted by atomic mass is 16.5. The summed E-state index contributed by atoms with van der Waals surface area (Å²) in [7, 11) is 3.15. The summed E-state index contributed by atoms with van der Waals surface area (Å²) < 4.78 is 10.4. The van der Waals surface area contributed by atoms with E-state index in [9.17, 15) is 9.59 Å². The highest BCUT2D eigenvalue weighted by Gasteiger charge is 2.14. The molecule has 0 aromatic heterocycles. The smallest absolute Gasteiger partial charge is 0.309 e. The van der Waals surface area contributed by atoms with E-state index >= 15 is 0 Å². The molecule has 0 saturated carbocycles. The first-order valence-electron chi connectivity index (χ1n) is 7.31. The van der Waals surface area contributed by atoms with Crippen LogP contribution in [0.4, 0.5) is 0 Å². The second-order valence-electron chi connectivity index (χ2n) is 4.98. The largest absolute Gasteiger partial charge is 0.493 e. The van der Waals surface area contributed by atoms with E-state index in [0.717, 1.165) is 12.0 Å². The Morgan fingerprint density at radius 1 is 1.14 bits per heavy atom. The van der Waals surface area contributed by atoms with Gasteiger partial charge in [-0.2, -0.15) is 0 Å². The summed E-state index contributed by atoms with van der Waals surface area (Å²) in [5, 5.41) is 5.23. The lowest BCUT2D eigenvalue weighted by Gasteiger charge is -2.12. The fourth-order valence-corrected chi connectivity index (χ4v) is 1.83. The van der Waals surface area contributed by atoms with Crippen LogP contribution in [0.1, 0.15) is 25.8 Å². The fourth-order valence-electron chi connectivity index (χ4n) is 1.83. The average molecular weight is 308 g/mol. The Morgan fingerprint density at radius 3 is 2.41 bits per heavy atom. The van der Waals surface area contributed by atoms with Gasteiger partial charge >= 0.3 is 11.8 Å². The highest BCUT2D eigenvalue weighted by molar-refractivity contribution is 6.35. The molecule has 0 aliphatic rings. The quantitative estimate of drug-likeness (QED) is 0.744. The summed E-state index contributed by atoms with van der Waals surface area (Å²) in [5.41, 5.74) is 0.986. The molecule has 0 bridgehead atoms. The van der Waals surface area contributed by atoms with Crippen molar-refractivity contribution in [3.63, 3.8) is 0 Å². The van der Waals surface area contributed by atoms with Crippen LogP contribution in [0.15, 0.2) is 18.2 Å². The molecule has 0 saturated heterocycles. The van der Waals surface area contributed by atoms with E-state index in [2.05, 4.69) is 10.6 Å². The topological polar surface area (TPSA) is 76.7 Å². The Morgan fingerprint density at radius 2 is 1.82 bits per heavy atom. The van der Waals surface area contributed by atoms with Crippen LogP contribution in [0.5, 0.6) is 11.5 Å². The predicted molar refractivity (Wildman–Crippen MR) is 84.2 cm³/mol. The van der Waals surface area contributed by atoms with Crippen molar-refractivity contribution >= 4 is 11.8 Å². The molecule has 0 radical (unpaired) electrons. The van der Waals surface area contributed by atoms with Crippen LogP contribution in [0.3, 0.4) is 0 Å². The minimum Gasteiger partial charge on any atom is -0.493 e. The van der Waals surface area contributed by atoms with Gasteiger partial charge in [-0.05, 0) is 37.5 Å². The van der Waals surface area contributed by atoms with E-state index in [1.54, 1.807) is 14.2 Å². The molecule has 122 valence electrons. The van der Waals surface area contributed by atoms with E-state index < -0.39 is 11.8 Å². The van der Waals surface area contributed by atoms with Crippen LogP contribution in [-0.4, -0.2) is 38.6 Å². The van der Waals surface area contributed by atoms with Gasteiger partial charge in [0.15, 0.2) is 11.5 Å². The minimum atomic E-state index is -0.610. The Labute approximate surface area is 131 Å². The van der Waals surface area contributed by atoms with E-state index in [1.807, 2.05) is 32.0 Å². The number of rotatable bonds is 7. The van der Waals surface area contributed by atoms with Gasteiger partial charge in [0.05, 0.1) is 14.2 Å². The monoisotopic (exact) mass is 308 g/mol. The molecular formula is C16H24N2O4. The van der Waals surface area contributed by atoms with Gasteiger partial charge in [0.1, 0.15) is 0 Å². The maximum Gasteiger partial charge on any atom is 0.309 e. The molecule has 1 aromatic carbocycles. The molecule has 6 nitrogen and oxygen atoms in total. The van der Waals surface area contributed by atoms with Crippen LogP contribution < -0.4 is 20.1 Å². The molecule has 0 fully saturated rings. The lowest BCUT2D eigenvalue weighted by atomic mass is 10.1. The molecule has 2 amide bonds. The number of methoxy groups -OCH3 is 2. The molecular weight excluding hydrogens is 284 g/mol. The summed E-state index contributed by atoms with van der Waals surface area (Å²) in [4.78, 5) is 23.2. The zero-order chi connectivity index (χ0) is 16.5. The molecule has 0 unspecified atom stereocenters. The highest BCUT2D eigenvalue weighted by Crippen LogP contribution is 2.27. The van der Waals surface area contributed by atoms with E-state index in [-0.39, 0.29) is 6.04 Å². The third kappa shape index (κ3) is 5.27. The molecule has 0 heterocycles. The molecule has 6 heteroatoms. The third-order valence-electron chi connectivity index (χ3n) is 3.34. The summed E-state index contributed by atoms with van der Waals surface area (Å²) in [6.07, 6.45) is 1.38. The Balaban J connectivity index is 2.47. The minimum absolute atomic E-state index is 0.0101. The zero-order valence-corrected chi connectivity index (χ0v) is 13.6. The average Bonchev–Trinajstić information content (AvgIpc) is 2.54. The molecule has 1 aromatic rings. The first kappa shape index (κ1) is 17.8. The molecule has 2 N–H and O–H groups in total. The van der Waals surface area contributed by atoms with E-state index in [0.29, 0.717) is 24.5 Å². The Hall–Kier alpha value is -2.24. The first-order chi connectivity index (χ1) is 10.5. The number of nitrogens with one attached hydrogen (secondary N) is 2. The zero-order valence-electron chi connectivity index (χ0n) is 13.6. The second-order valence-corrected chi connectivity index (χ2v) is 4.98. The number of carbonyl (C=O) groups is 2. The number of benzene rings is 1. The lowest BCUT2D eigenvalue weighted by molar-refractivity contribution is -0.139. The Bertz CT molecular complexity index is 517. The molecule has 1 rings (SSSR count). The summed E-state index contributed by atoms with van der Waals surface area (Å²) in [6, 6.07) is 5.55. The first-order valence-corrected chi connectivity index (χ1v) is 7.31. The van der Waals surface area contributed by atoms with Crippen LogP contribution >= 0.6 is 0 Å². The van der Waals surface area contributed by atoms with Crippen molar-refractivity contribution in [1.82, 2.24) is 10.6 Å². The molecule has 0 spiro atoms. The van der Waals surface area contributed by atoms with Crippen molar-refractivity contribution in [1.29, 1.82) is 0 Å². The maximum atomic E-state index is 11.6. The summed E-state index contributed by atoms with van der Waals surface area (Å²) in [6.45, 7) is 4.18. The van der Waals surface area contributed by atoms with Gasteiger partial charge in [0.2, 0.25) is 0 Å². The second kappa shape index (κ2) is 8.92. The molecule has 0 aliphatic heterocycles. The van der Waals surface area contributed by atoms with Gasteiger partial charge in [-0.25, -0.2) is 0 Å². The summed E-state index contributed by atoms with van der Waals surface area (Å²) in [5.74, 6) is 0.0893. The lowest BCUT2D eigenvalue weighted by Crippen LogP contribution is -2.43. The van der Waals surface area contributed by atoms with E-state index in [4.69, 9.17) is 9.47 Å². The number of carbonyl (C=O) groups excluding carboxylic acids is 2. The Kier molecular flexibility index (Phi) is 7.22. The van der Waals surface area contributed by atoms with Crippen LogP contribution in [0, 0.1) is 0 Å². The number of hydrogen-bond acceptors (Lipinski definition) is 4. The van der Waals surface area contributed by atoms with Crippen LogP contribution in [0.2, 0.25) is 0 Å². The number of hydrogen-bond donors (Lipinski definition) is 2. The van der Waals surface area contributed by atoms with Crippen LogP contribution in [-0.2, 0) is 16.0 Å². The number of amides is 2. The standard InChI is InChI=1S/C16H24N2O4/c1-5-11(2)18-16(20)15(19)17-9-8-12-6-7-13(21-3)14(10-12)22-4/h6-7,10-11H,5,8-9H2,1-4H3,(H,17,19)(H,18,20)/t11-/m1/s1. The maximum absolute atomic E-state index is 11.6. The summed E-state index contributed by atoms with van der Waals surface area (Å²) >= 11 is 0. The van der Waals surface area contributed by atoms with Crippen molar-refractivity contribution < 1.29 is 19.1 Å². The van der Waals surface area contributed by atoms with Crippen molar-refractivity contribution in [3.8, 4) is 11.5 Å². The van der Waals surface area contributed by atoms with Crippen LogP contribution in [0.25, 0.3) is 0 Å². The van der Waals surface area contributed by atoms with Crippen molar-refractivity contribution in [2.45, 2.75) is 32.7 Å². The van der Waals surface area contributed by atoms with Gasteiger partial charge < -0.3 is 20.1 Å². The van der Waals surface area contributed by atoms with Crippen molar-refractivity contribution in [3.05, 3.63) is 23.8 Å². The van der Waals surface area contributed by atoms with Crippen molar-refractivity contribution in [2.75, 3.05) is 20.8 Å². The molecule has 1 atom stereocenters. The predicted octanol–water partition coefficient (Wildman–Crippen LogP) is 1.28. The van der Waals surface area contributed by atoms with Gasteiger partial charge in [-0.15, -0.1) is 0 Å². The molecule has 22 heavy (non-hydrogen) atoms. The van der Waals surface area contributed by atoms with Gasteiger partial charge in [0, 0.05) is 12.6 Å². The SMILES string of the molecule is CC[C@@H](C)NC(=O)C(=O)NCCc1ccc(OC)c(OC)c1. The van der Waals surface area contributed by atoms with E-state index in [1.165, 1.54) is 0 Å². The fraction of sp³-hybridized carbons (Fsp3) is 0.500. The van der Waals surface area contributed by atoms with Gasteiger partial charge in [-0.1, -0.05) is 13.0 Å². The third-order valence-corrected chi connectivity index (χ3v) is 3.34. The normalized spacial score (nSPS) is 11.5. The van der Waals surface area contributed by atoms with Gasteiger partial charge in [-0.3, -0.25) is 9.59 Å². The number of ether oxygens (including phenoxy) is 2. The molecule has 0 aliphatic carbocycles. The van der Waals surface area contributed by atoms with Gasteiger partial charge in [0.25, 0.3) is 0 Å². The van der Waals surface area contributed by atoms with Crippen molar-refractivity contribution in [2.24, 2.45) is 0 Å².